The van der Waals surface area contributed by atoms with Gasteiger partial charge in [0.05, 0.1) is 6.61 Å². The fraction of sp³-hybridized carbons (Fsp3) is 0.944. The fourth-order valence-corrected chi connectivity index (χ4v) is 3.43. The Morgan fingerprint density at radius 2 is 1.80 bits per heavy atom. The zero-order valence-electron chi connectivity index (χ0n) is 15.9. The Balaban J connectivity index is 1.70. The van der Waals surface area contributed by atoms with Gasteiger partial charge in [-0.05, 0) is 40.0 Å². The number of carbonyl (C=O) groups excluding carboxylic acids is 1. The van der Waals surface area contributed by atoms with Crippen LogP contribution in [-0.4, -0.2) is 54.9 Å². The van der Waals surface area contributed by atoms with Gasteiger partial charge in [0.1, 0.15) is 12.2 Å². The summed E-state index contributed by atoms with van der Waals surface area (Å²) in [5, 5.41) is 0. The van der Waals surface area contributed by atoms with E-state index in [1.54, 1.807) is 0 Å². The van der Waals surface area contributed by atoms with Crippen molar-refractivity contribution in [1.29, 1.82) is 0 Å². The van der Waals surface area contributed by atoms with Gasteiger partial charge >= 0.3 is 5.97 Å². The van der Waals surface area contributed by atoms with Crippen molar-refractivity contribution in [2.75, 3.05) is 6.61 Å². The van der Waals surface area contributed by atoms with Crippen LogP contribution in [0.5, 0.6) is 0 Å². The number of hydrogen-bond donors (Lipinski definition) is 0. The van der Waals surface area contributed by atoms with E-state index in [1.165, 1.54) is 0 Å². The van der Waals surface area contributed by atoms with Gasteiger partial charge < -0.3 is 28.4 Å². The van der Waals surface area contributed by atoms with Gasteiger partial charge in [-0.1, -0.05) is 13.8 Å². The third-order valence-corrected chi connectivity index (χ3v) is 4.62. The molecule has 0 bridgehead atoms. The van der Waals surface area contributed by atoms with Gasteiger partial charge in [0.15, 0.2) is 30.1 Å². The standard InChI is InChI=1S/C18H30O7/c1-10(2)7-8-12(19)21-14-13(11-9-20-17(3,4)23-11)22-16-15(14)24-18(5,6)25-16/h10-11,13-16H,7-9H2,1-6H3/t11?,13-,14+,15-,16-/m1/s1. The van der Waals surface area contributed by atoms with Crippen LogP contribution in [-0.2, 0) is 33.2 Å². The van der Waals surface area contributed by atoms with E-state index in [0.717, 1.165) is 6.42 Å². The molecule has 3 aliphatic rings. The molecule has 7 nitrogen and oxygen atoms in total. The van der Waals surface area contributed by atoms with Crippen LogP contribution in [0.1, 0.15) is 54.4 Å². The number of carbonyl (C=O) groups is 1. The number of hydrogen-bond acceptors (Lipinski definition) is 7. The Bertz CT molecular complexity index is 502. The summed E-state index contributed by atoms with van der Waals surface area (Å²) in [6.45, 7) is 11.9. The molecule has 7 heteroatoms. The van der Waals surface area contributed by atoms with E-state index in [1.807, 2.05) is 27.7 Å². The molecule has 3 rings (SSSR count). The van der Waals surface area contributed by atoms with E-state index in [-0.39, 0.29) is 12.1 Å². The van der Waals surface area contributed by atoms with E-state index in [2.05, 4.69) is 13.8 Å². The topological polar surface area (TPSA) is 72.5 Å². The predicted octanol–water partition coefficient (Wildman–Crippen LogP) is 2.36. The third kappa shape index (κ3) is 4.34. The molecule has 0 amide bonds. The normalized spacial score (nSPS) is 38.9. The van der Waals surface area contributed by atoms with Gasteiger partial charge in [0.25, 0.3) is 0 Å². The second kappa shape index (κ2) is 6.78. The van der Waals surface area contributed by atoms with E-state index in [4.69, 9.17) is 28.4 Å². The van der Waals surface area contributed by atoms with Crippen molar-refractivity contribution < 1.29 is 33.2 Å². The minimum absolute atomic E-state index is 0.251. The molecule has 0 radical (unpaired) electrons. The Morgan fingerprint density at radius 3 is 2.40 bits per heavy atom. The fourth-order valence-electron chi connectivity index (χ4n) is 3.43. The summed E-state index contributed by atoms with van der Waals surface area (Å²) >= 11 is 0. The first-order valence-corrected chi connectivity index (χ1v) is 9.09. The highest BCUT2D eigenvalue weighted by Crippen LogP contribution is 2.42. The quantitative estimate of drug-likeness (QED) is 0.699. The summed E-state index contributed by atoms with van der Waals surface area (Å²) < 4.78 is 35.0. The molecule has 0 aliphatic carbocycles. The first-order valence-electron chi connectivity index (χ1n) is 9.09. The van der Waals surface area contributed by atoms with Crippen molar-refractivity contribution in [1.82, 2.24) is 0 Å². The first-order chi connectivity index (χ1) is 11.6. The smallest absolute Gasteiger partial charge is 0.306 e. The molecular formula is C18H30O7. The monoisotopic (exact) mass is 358 g/mol. The summed E-state index contributed by atoms with van der Waals surface area (Å²) in [7, 11) is 0. The van der Waals surface area contributed by atoms with Crippen molar-refractivity contribution in [2.24, 2.45) is 5.92 Å². The van der Waals surface area contributed by atoms with Crippen molar-refractivity contribution in [3.63, 3.8) is 0 Å². The summed E-state index contributed by atoms with van der Waals surface area (Å²) in [4.78, 5) is 12.3. The number of fused-ring (bicyclic) bond motifs is 1. The van der Waals surface area contributed by atoms with Crippen molar-refractivity contribution in [2.45, 2.75) is 96.7 Å². The van der Waals surface area contributed by atoms with E-state index in [9.17, 15) is 4.79 Å². The average Bonchev–Trinajstić information content (AvgIpc) is 3.08. The largest absolute Gasteiger partial charge is 0.456 e. The van der Waals surface area contributed by atoms with Crippen LogP contribution in [0.15, 0.2) is 0 Å². The molecule has 3 saturated heterocycles. The molecule has 5 atom stereocenters. The lowest BCUT2D eigenvalue weighted by Gasteiger charge is -2.28. The van der Waals surface area contributed by atoms with Crippen LogP contribution < -0.4 is 0 Å². The van der Waals surface area contributed by atoms with Crippen LogP contribution in [0.3, 0.4) is 0 Å². The lowest BCUT2D eigenvalue weighted by atomic mass is 10.1. The first kappa shape index (κ1) is 19.0. The van der Waals surface area contributed by atoms with Crippen molar-refractivity contribution in [3.05, 3.63) is 0 Å². The zero-order valence-corrected chi connectivity index (χ0v) is 15.9. The number of esters is 1. The van der Waals surface area contributed by atoms with Crippen molar-refractivity contribution in [3.8, 4) is 0 Å². The maximum absolute atomic E-state index is 12.3. The molecule has 3 aliphatic heterocycles. The molecule has 3 fully saturated rings. The van der Waals surface area contributed by atoms with Crippen LogP contribution in [0.25, 0.3) is 0 Å². The molecular weight excluding hydrogens is 328 g/mol. The average molecular weight is 358 g/mol. The molecule has 0 spiro atoms. The molecule has 144 valence electrons. The minimum Gasteiger partial charge on any atom is -0.456 e. The highest BCUT2D eigenvalue weighted by atomic mass is 16.8. The van der Waals surface area contributed by atoms with Gasteiger partial charge in [-0.25, -0.2) is 0 Å². The molecule has 0 aromatic heterocycles. The second-order valence-corrected chi connectivity index (χ2v) is 8.32. The summed E-state index contributed by atoms with van der Waals surface area (Å²) in [5.74, 6) is -1.26. The Morgan fingerprint density at radius 1 is 1.08 bits per heavy atom. The van der Waals surface area contributed by atoms with Gasteiger partial charge in [-0.3, -0.25) is 4.79 Å². The second-order valence-electron chi connectivity index (χ2n) is 8.32. The van der Waals surface area contributed by atoms with Crippen LogP contribution in [0.4, 0.5) is 0 Å². The molecule has 0 saturated carbocycles. The molecule has 0 N–H and O–H groups in total. The van der Waals surface area contributed by atoms with E-state index in [0.29, 0.717) is 18.9 Å². The molecule has 0 aromatic carbocycles. The Kier molecular flexibility index (Phi) is 5.16. The Labute approximate surface area is 149 Å². The van der Waals surface area contributed by atoms with Gasteiger partial charge in [0, 0.05) is 6.42 Å². The highest BCUT2D eigenvalue weighted by molar-refractivity contribution is 5.69. The molecule has 1 unspecified atom stereocenters. The summed E-state index contributed by atoms with van der Waals surface area (Å²) in [6.07, 6.45) is -1.27. The van der Waals surface area contributed by atoms with E-state index < -0.39 is 36.2 Å². The number of ether oxygens (including phenoxy) is 6. The van der Waals surface area contributed by atoms with Crippen LogP contribution in [0, 0.1) is 5.92 Å². The lowest BCUT2D eigenvalue weighted by Crippen LogP contribution is -2.45. The molecule has 3 heterocycles. The zero-order chi connectivity index (χ0) is 18.4. The SMILES string of the molecule is CC(C)CCC(=O)O[C@@H]1[C@H]2OC(C)(C)O[C@H]2O[C@@H]1C1COC(C)(C)O1. The molecule has 0 aromatic rings. The lowest BCUT2D eigenvalue weighted by molar-refractivity contribution is -0.235. The van der Waals surface area contributed by atoms with Gasteiger partial charge in [-0.2, -0.15) is 0 Å². The maximum Gasteiger partial charge on any atom is 0.306 e. The van der Waals surface area contributed by atoms with Gasteiger partial charge in [-0.15, -0.1) is 0 Å². The third-order valence-electron chi connectivity index (χ3n) is 4.62. The van der Waals surface area contributed by atoms with Crippen LogP contribution >= 0.6 is 0 Å². The minimum atomic E-state index is -0.769. The van der Waals surface area contributed by atoms with Gasteiger partial charge in [0.2, 0.25) is 0 Å². The number of rotatable bonds is 5. The molecule has 25 heavy (non-hydrogen) atoms. The summed E-state index contributed by atoms with van der Waals surface area (Å²) in [6, 6.07) is 0. The Hall–Kier alpha value is -0.730. The summed E-state index contributed by atoms with van der Waals surface area (Å²) in [5.41, 5.74) is 0. The predicted molar refractivity (Wildman–Crippen MR) is 87.6 cm³/mol. The highest BCUT2D eigenvalue weighted by Gasteiger charge is 2.59. The van der Waals surface area contributed by atoms with E-state index >= 15 is 0 Å². The van der Waals surface area contributed by atoms with Crippen molar-refractivity contribution >= 4 is 5.97 Å². The van der Waals surface area contributed by atoms with Crippen LogP contribution in [0.2, 0.25) is 0 Å². The maximum atomic E-state index is 12.3.